The Labute approximate surface area is 193 Å². The van der Waals surface area contributed by atoms with Crippen LogP contribution in [0.4, 0.5) is 0 Å². The molecular weight excluding hydrogens is 444 g/mol. The van der Waals surface area contributed by atoms with Crippen LogP contribution in [0.5, 0.6) is 0 Å². The van der Waals surface area contributed by atoms with E-state index in [9.17, 15) is 13.2 Å². The number of aromatic nitrogens is 2. The van der Waals surface area contributed by atoms with E-state index in [1.165, 1.54) is 11.3 Å². The van der Waals surface area contributed by atoms with E-state index in [0.29, 0.717) is 10.7 Å². The molecule has 1 aliphatic heterocycles. The fourth-order valence-electron chi connectivity index (χ4n) is 3.77. The van der Waals surface area contributed by atoms with Crippen molar-refractivity contribution in [1.82, 2.24) is 19.2 Å². The second-order valence-electron chi connectivity index (χ2n) is 8.23. The molecule has 1 fully saturated rings. The second kappa shape index (κ2) is 9.56. The Bertz CT molecular complexity index is 1190. The van der Waals surface area contributed by atoms with Gasteiger partial charge in [-0.1, -0.05) is 29.8 Å². The van der Waals surface area contributed by atoms with E-state index < -0.39 is 10.0 Å². The van der Waals surface area contributed by atoms with Crippen molar-refractivity contribution in [2.24, 2.45) is 0 Å². The standard InChI is InChI=1S/C23H28N4O3S2/c1-17-6-8-19(9-7-17)13-24-32(29,30)20-12-21(23-25-18(2)16-31-23)27(14-20)15-22(28)26-10-4-3-5-11-26/h6-9,12,14,16,24H,3-5,10-11,13,15H2,1-2H3. The highest BCUT2D eigenvalue weighted by molar-refractivity contribution is 7.89. The lowest BCUT2D eigenvalue weighted by molar-refractivity contribution is -0.132. The summed E-state index contributed by atoms with van der Waals surface area (Å²) in [5.41, 5.74) is 3.51. The number of nitrogens with zero attached hydrogens (tertiary/aromatic N) is 3. The smallest absolute Gasteiger partial charge is 0.242 e. The lowest BCUT2D eigenvalue weighted by Crippen LogP contribution is -2.37. The third-order valence-corrected chi connectivity index (χ3v) is 7.97. The Kier molecular flexibility index (Phi) is 6.78. The molecule has 0 bridgehead atoms. The molecule has 1 amide bonds. The number of aryl methyl sites for hydroxylation is 2. The number of nitrogens with one attached hydrogen (secondary N) is 1. The molecule has 3 aromatic rings. The number of benzene rings is 1. The molecule has 1 aliphatic rings. The maximum atomic E-state index is 13.0. The number of carbonyl (C=O) groups excluding carboxylic acids is 1. The van der Waals surface area contributed by atoms with Gasteiger partial charge in [-0.25, -0.2) is 18.1 Å². The van der Waals surface area contributed by atoms with Gasteiger partial charge in [-0.2, -0.15) is 0 Å². The first-order chi connectivity index (χ1) is 15.3. The van der Waals surface area contributed by atoms with Crippen LogP contribution in [-0.4, -0.2) is 41.9 Å². The number of hydrogen-bond acceptors (Lipinski definition) is 5. The molecule has 1 N–H and O–H groups in total. The lowest BCUT2D eigenvalue weighted by atomic mass is 10.1. The fourth-order valence-corrected chi connectivity index (χ4v) is 5.65. The van der Waals surface area contributed by atoms with Gasteiger partial charge in [0.2, 0.25) is 15.9 Å². The van der Waals surface area contributed by atoms with Gasteiger partial charge in [-0.3, -0.25) is 4.79 Å². The molecule has 1 saturated heterocycles. The topological polar surface area (TPSA) is 84.3 Å². The van der Waals surface area contributed by atoms with E-state index >= 15 is 0 Å². The number of rotatable bonds is 7. The monoisotopic (exact) mass is 472 g/mol. The summed E-state index contributed by atoms with van der Waals surface area (Å²) in [7, 11) is -3.75. The molecule has 0 spiro atoms. The van der Waals surface area contributed by atoms with Gasteiger partial charge in [0.1, 0.15) is 16.4 Å². The molecule has 0 radical (unpaired) electrons. The summed E-state index contributed by atoms with van der Waals surface area (Å²) in [5, 5.41) is 2.62. The van der Waals surface area contributed by atoms with Crippen LogP contribution < -0.4 is 4.72 Å². The van der Waals surface area contributed by atoms with Gasteiger partial charge in [-0.15, -0.1) is 11.3 Å². The van der Waals surface area contributed by atoms with Crippen molar-refractivity contribution in [1.29, 1.82) is 0 Å². The Morgan fingerprint density at radius 2 is 1.84 bits per heavy atom. The number of likely N-dealkylation sites (tertiary alicyclic amines) is 1. The molecule has 1 aromatic carbocycles. The van der Waals surface area contributed by atoms with Crippen molar-refractivity contribution in [3.8, 4) is 10.7 Å². The molecule has 0 atom stereocenters. The minimum atomic E-state index is -3.75. The van der Waals surface area contributed by atoms with Gasteiger partial charge < -0.3 is 9.47 Å². The van der Waals surface area contributed by atoms with Crippen molar-refractivity contribution in [2.75, 3.05) is 13.1 Å². The number of carbonyl (C=O) groups is 1. The van der Waals surface area contributed by atoms with Gasteiger partial charge in [0.05, 0.1) is 5.69 Å². The van der Waals surface area contributed by atoms with Crippen LogP contribution in [0.1, 0.15) is 36.1 Å². The van der Waals surface area contributed by atoms with Gasteiger partial charge in [0, 0.05) is 36.9 Å². The van der Waals surface area contributed by atoms with Crippen LogP contribution in [0, 0.1) is 13.8 Å². The third-order valence-electron chi connectivity index (χ3n) is 5.62. The Morgan fingerprint density at radius 1 is 1.12 bits per heavy atom. The Hall–Kier alpha value is -2.49. The van der Waals surface area contributed by atoms with Gasteiger partial charge in [-0.05, 0) is 44.7 Å². The highest BCUT2D eigenvalue weighted by Gasteiger charge is 2.23. The fraction of sp³-hybridized carbons (Fsp3) is 0.391. The van der Waals surface area contributed by atoms with Gasteiger partial charge >= 0.3 is 0 Å². The van der Waals surface area contributed by atoms with Crippen molar-refractivity contribution >= 4 is 27.3 Å². The summed E-state index contributed by atoms with van der Waals surface area (Å²) in [5.74, 6) is 0.00592. The van der Waals surface area contributed by atoms with Gasteiger partial charge in [0.15, 0.2) is 0 Å². The van der Waals surface area contributed by atoms with E-state index in [1.807, 2.05) is 48.4 Å². The first-order valence-electron chi connectivity index (χ1n) is 10.8. The summed E-state index contributed by atoms with van der Waals surface area (Å²) < 4.78 is 30.4. The molecule has 9 heteroatoms. The SMILES string of the molecule is Cc1ccc(CNS(=O)(=O)c2cc(-c3nc(C)cs3)n(CC(=O)N3CCCCC3)c2)cc1. The van der Waals surface area contributed by atoms with E-state index in [1.54, 1.807) is 16.8 Å². The summed E-state index contributed by atoms with van der Waals surface area (Å²) in [4.78, 5) is 19.4. The molecule has 3 heterocycles. The zero-order valence-electron chi connectivity index (χ0n) is 18.4. The normalized spacial score (nSPS) is 14.6. The van der Waals surface area contributed by atoms with Gasteiger partial charge in [0.25, 0.3) is 0 Å². The number of amides is 1. The zero-order valence-corrected chi connectivity index (χ0v) is 20.0. The summed E-state index contributed by atoms with van der Waals surface area (Å²) in [6.45, 7) is 5.70. The van der Waals surface area contributed by atoms with Crippen LogP contribution in [0.3, 0.4) is 0 Å². The Morgan fingerprint density at radius 3 is 2.50 bits per heavy atom. The van der Waals surface area contributed by atoms with Crippen LogP contribution >= 0.6 is 11.3 Å². The molecular formula is C23H28N4O3S2. The molecule has 0 saturated carbocycles. The van der Waals surface area contributed by atoms with Crippen molar-refractivity contribution in [3.05, 3.63) is 58.7 Å². The van der Waals surface area contributed by atoms with Crippen LogP contribution in [0.25, 0.3) is 10.7 Å². The minimum absolute atomic E-state index is 0.00592. The molecule has 2 aromatic heterocycles. The largest absolute Gasteiger partial charge is 0.341 e. The van der Waals surface area contributed by atoms with E-state index in [0.717, 1.165) is 49.2 Å². The minimum Gasteiger partial charge on any atom is -0.341 e. The summed E-state index contributed by atoms with van der Waals surface area (Å²) in [6, 6.07) is 9.33. The van der Waals surface area contributed by atoms with Crippen molar-refractivity contribution in [2.45, 2.75) is 51.1 Å². The quantitative estimate of drug-likeness (QED) is 0.568. The van der Waals surface area contributed by atoms with Crippen LogP contribution in [-0.2, 0) is 27.9 Å². The lowest BCUT2D eigenvalue weighted by Gasteiger charge is -2.27. The molecule has 32 heavy (non-hydrogen) atoms. The highest BCUT2D eigenvalue weighted by Crippen LogP contribution is 2.28. The van der Waals surface area contributed by atoms with Crippen molar-refractivity contribution < 1.29 is 13.2 Å². The average molecular weight is 473 g/mol. The summed E-state index contributed by atoms with van der Waals surface area (Å²) in [6.07, 6.45) is 4.72. The molecule has 4 rings (SSSR count). The van der Waals surface area contributed by atoms with Crippen LogP contribution in [0.15, 0.2) is 46.8 Å². The van der Waals surface area contributed by atoms with E-state index in [4.69, 9.17) is 0 Å². The first kappa shape index (κ1) is 22.7. The number of thiazole rings is 1. The Balaban J connectivity index is 1.59. The number of hydrogen-bond donors (Lipinski definition) is 1. The van der Waals surface area contributed by atoms with E-state index in [2.05, 4.69) is 9.71 Å². The highest BCUT2D eigenvalue weighted by atomic mass is 32.2. The number of piperidine rings is 1. The molecule has 0 aliphatic carbocycles. The second-order valence-corrected chi connectivity index (χ2v) is 10.9. The zero-order chi connectivity index (χ0) is 22.7. The first-order valence-corrected chi connectivity index (χ1v) is 13.1. The number of sulfonamides is 1. The molecule has 0 unspecified atom stereocenters. The predicted octanol–water partition coefficient (Wildman–Crippen LogP) is 3.72. The van der Waals surface area contributed by atoms with Crippen molar-refractivity contribution in [3.63, 3.8) is 0 Å². The van der Waals surface area contributed by atoms with E-state index in [-0.39, 0.29) is 23.9 Å². The average Bonchev–Trinajstić information content (AvgIpc) is 3.40. The summed E-state index contributed by atoms with van der Waals surface area (Å²) >= 11 is 1.44. The predicted molar refractivity (Wildman–Crippen MR) is 126 cm³/mol. The van der Waals surface area contributed by atoms with Crippen LogP contribution in [0.2, 0.25) is 0 Å². The molecule has 170 valence electrons. The maximum absolute atomic E-state index is 13.0. The molecule has 7 nitrogen and oxygen atoms in total. The maximum Gasteiger partial charge on any atom is 0.242 e. The third kappa shape index (κ3) is 5.28.